The van der Waals surface area contributed by atoms with Crippen molar-refractivity contribution >= 4 is 11.9 Å². The number of phenols is 1. The van der Waals surface area contributed by atoms with Crippen LogP contribution < -0.4 is 4.74 Å². The van der Waals surface area contributed by atoms with E-state index in [1.165, 1.54) is 20.3 Å². The number of pyridine rings is 1. The minimum absolute atomic E-state index is 0.0441. The van der Waals surface area contributed by atoms with Crippen LogP contribution >= 0.6 is 0 Å². The highest BCUT2D eigenvalue weighted by molar-refractivity contribution is 6.07. The first-order valence-corrected chi connectivity index (χ1v) is 7.99. The van der Waals surface area contributed by atoms with Gasteiger partial charge in [-0.25, -0.2) is 9.59 Å². The Kier molecular flexibility index (Phi) is 5.82. The highest BCUT2D eigenvalue weighted by Crippen LogP contribution is 2.37. The highest BCUT2D eigenvalue weighted by Gasteiger charge is 2.27. The molecule has 138 valence electrons. The average Bonchev–Trinajstić information content (AvgIpc) is 2.62. The zero-order valence-electron chi connectivity index (χ0n) is 15.4. The van der Waals surface area contributed by atoms with Gasteiger partial charge in [0.1, 0.15) is 0 Å². The third kappa shape index (κ3) is 3.46. The summed E-state index contributed by atoms with van der Waals surface area (Å²) in [7, 11) is 2.51. The lowest BCUT2D eigenvalue weighted by atomic mass is 9.92. The number of nitrogens with zero attached hydrogens (tertiary/aromatic N) is 1. The average molecular weight is 359 g/mol. The van der Waals surface area contributed by atoms with E-state index < -0.39 is 11.9 Å². The van der Waals surface area contributed by atoms with Crippen molar-refractivity contribution in [2.75, 3.05) is 20.8 Å². The monoisotopic (exact) mass is 359 g/mol. The number of carbonyl (C=O) groups excluding carboxylic acids is 2. The van der Waals surface area contributed by atoms with Crippen molar-refractivity contribution in [3.05, 3.63) is 40.7 Å². The van der Waals surface area contributed by atoms with Gasteiger partial charge in [-0.15, -0.1) is 0 Å². The molecule has 0 spiro atoms. The zero-order chi connectivity index (χ0) is 19.4. The first kappa shape index (κ1) is 19.2. The number of methoxy groups -OCH3 is 2. The Labute approximate surface area is 151 Å². The molecule has 2 rings (SSSR count). The van der Waals surface area contributed by atoms with E-state index in [4.69, 9.17) is 14.2 Å². The summed E-state index contributed by atoms with van der Waals surface area (Å²) in [4.78, 5) is 29.1. The predicted octanol–water partition coefficient (Wildman–Crippen LogP) is 3.04. The fraction of sp³-hybridized carbons (Fsp3) is 0.316. The summed E-state index contributed by atoms with van der Waals surface area (Å²) >= 11 is 0. The summed E-state index contributed by atoms with van der Waals surface area (Å²) in [5.41, 5.74) is 1.99. The SMILES string of the molecule is CCOc1cc(-c2c(C(=O)OC)c(C)nc(C)c2C(=O)OC)ccc1O. The van der Waals surface area contributed by atoms with Crippen LogP contribution in [0.1, 0.15) is 39.0 Å². The van der Waals surface area contributed by atoms with E-state index >= 15 is 0 Å². The van der Waals surface area contributed by atoms with Gasteiger partial charge in [-0.05, 0) is 38.5 Å². The lowest BCUT2D eigenvalue weighted by molar-refractivity contribution is 0.0599. The molecule has 0 saturated carbocycles. The van der Waals surface area contributed by atoms with Gasteiger partial charge in [0.15, 0.2) is 11.5 Å². The predicted molar refractivity (Wildman–Crippen MR) is 94.7 cm³/mol. The summed E-state index contributed by atoms with van der Waals surface area (Å²) in [5.74, 6) is -1.05. The molecule has 7 heteroatoms. The Morgan fingerprint density at radius 2 is 1.58 bits per heavy atom. The van der Waals surface area contributed by atoms with Crippen molar-refractivity contribution in [3.8, 4) is 22.6 Å². The maximum atomic E-state index is 12.4. The largest absolute Gasteiger partial charge is 0.504 e. The van der Waals surface area contributed by atoms with Crippen molar-refractivity contribution in [2.24, 2.45) is 0 Å². The molecule has 0 fully saturated rings. The third-order valence-electron chi connectivity index (χ3n) is 3.89. The van der Waals surface area contributed by atoms with Crippen LogP contribution in [0.15, 0.2) is 18.2 Å². The fourth-order valence-electron chi connectivity index (χ4n) is 2.78. The van der Waals surface area contributed by atoms with E-state index in [2.05, 4.69) is 4.98 Å². The lowest BCUT2D eigenvalue weighted by Crippen LogP contribution is -2.16. The molecule has 0 unspecified atom stereocenters. The van der Waals surface area contributed by atoms with Gasteiger partial charge < -0.3 is 19.3 Å². The molecule has 26 heavy (non-hydrogen) atoms. The van der Waals surface area contributed by atoms with Crippen LogP contribution in [0.25, 0.3) is 11.1 Å². The number of aryl methyl sites for hydroxylation is 2. The van der Waals surface area contributed by atoms with Crippen molar-refractivity contribution in [1.29, 1.82) is 0 Å². The first-order valence-electron chi connectivity index (χ1n) is 7.99. The summed E-state index contributed by atoms with van der Waals surface area (Å²) in [6.07, 6.45) is 0. The van der Waals surface area contributed by atoms with Gasteiger partial charge >= 0.3 is 11.9 Å². The number of rotatable bonds is 5. The molecular weight excluding hydrogens is 338 g/mol. The number of esters is 2. The number of ether oxygens (including phenoxy) is 3. The lowest BCUT2D eigenvalue weighted by Gasteiger charge is -2.17. The highest BCUT2D eigenvalue weighted by atomic mass is 16.5. The Balaban J connectivity index is 2.90. The summed E-state index contributed by atoms with van der Waals surface area (Å²) in [6, 6.07) is 4.59. The second-order valence-electron chi connectivity index (χ2n) is 5.51. The van der Waals surface area contributed by atoms with Crippen molar-refractivity contribution in [1.82, 2.24) is 4.98 Å². The Bertz CT molecular complexity index is 819. The number of aromatic nitrogens is 1. The smallest absolute Gasteiger partial charge is 0.340 e. The van der Waals surface area contributed by atoms with Crippen LogP contribution in [0.4, 0.5) is 0 Å². The van der Waals surface area contributed by atoms with Crippen LogP contribution in [0, 0.1) is 13.8 Å². The molecule has 2 aromatic rings. The van der Waals surface area contributed by atoms with Gasteiger partial charge in [-0.2, -0.15) is 0 Å². The van der Waals surface area contributed by atoms with Gasteiger partial charge in [0.05, 0.1) is 43.3 Å². The topological polar surface area (TPSA) is 95.0 Å². The molecule has 1 heterocycles. The number of hydrogen-bond donors (Lipinski definition) is 1. The molecule has 1 aromatic carbocycles. The zero-order valence-corrected chi connectivity index (χ0v) is 15.4. The number of phenolic OH excluding ortho intramolecular Hbond substituents is 1. The van der Waals surface area contributed by atoms with Crippen LogP contribution in [-0.4, -0.2) is 42.9 Å². The summed E-state index contributed by atoms with van der Waals surface area (Å²) in [5, 5.41) is 9.95. The van der Waals surface area contributed by atoms with Crippen LogP contribution in [0.5, 0.6) is 11.5 Å². The first-order chi connectivity index (χ1) is 12.3. The van der Waals surface area contributed by atoms with E-state index in [1.54, 1.807) is 32.9 Å². The van der Waals surface area contributed by atoms with Gasteiger partial charge in [-0.1, -0.05) is 6.07 Å². The van der Waals surface area contributed by atoms with Gasteiger partial charge in [0, 0.05) is 5.56 Å². The number of carbonyl (C=O) groups is 2. The van der Waals surface area contributed by atoms with Crippen molar-refractivity contribution in [3.63, 3.8) is 0 Å². The number of benzene rings is 1. The summed E-state index contributed by atoms with van der Waals surface area (Å²) in [6.45, 7) is 5.45. The molecule has 0 aliphatic rings. The number of hydrogen-bond acceptors (Lipinski definition) is 7. The quantitative estimate of drug-likeness (QED) is 0.820. The molecule has 0 bridgehead atoms. The van der Waals surface area contributed by atoms with E-state index in [9.17, 15) is 14.7 Å². The Morgan fingerprint density at radius 3 is 2.04 bits per heavy atom. The fourth-order valence-corrected chi connectivity index (χ4v) is 2.78. The van der Waals surface area contributed by atoms with E-state index in [-0.39, 0.29) is 22.6 Å². The van der Waals surface area contributed by atoms with Gasteiger partial charge in [0.25, 0.3) is 0 Å². The minimum atomic E-state index is -0.624. The van der Waals surface area contributed by atoms with Gasteiger partial charge in [0.2, 0.25) is 0 Å². The maximum absolute atomic E-state index is 12.4. The second-order valence-corrected chi connectivity index (χ2v) is 5.51. The molecule has 0 radical (unpaired) electrons. The van der Waals surface area contributed by atoms with Crippen molar-refractivity contribution < 1.29 is 28.9 Å². The molecule has 0 amide bonds. The van der Waals surface area contributed by atoms with E-state index in [0.717, 1.165) is 0 Å². The molecule has 0 aliphatic heterocycles. The molecular formula is C19H21NO6. The van der Waals surface area contributed by atoms with E-state index in [1.807, 2.05) is 0 Å². The standard InChI is InChI=1S/C19H21NO6/c1-6-26-14-9-12(7-8-13(14)21)17-15(18(22)24-4)10(2)20-11(3)16(17)19(23)25-5/h7-9,21H,6H2,1-5H3. The molecule has 0 saturated heterocycles. The van der Waals surface area contributed by atoms with E-state index in [0.29, 0.717) is 29.1 Å². The Morgan fingerprint density at radius 1 is 1.04 bits per heavy atom. The molecule has 1 aromatic heterocycles. The maximum Gasteiger partial charge on any atom is 0.340 e. The molecule has 1 N–H and O–H groups in total. The normalized spacial score (nSPS) is 10.3. The number of aromatic hydroxyl groups is 1. The molecule has 0 atom stereocenters. The second kappa shape index (κ2) is 7.86. The minimum Gasteiger partial charge on any atom is -0.504 e. The van der Waals surface area contributed by atoms with Crippen molar-refractivity contribution in [2.45, 2.75) is 20.8 Å². The molecule has 0 aliphatic carbocycles. The summed E-state index contributed by atoms with van der Waals surface area (Å²) < 4.78 is 15.2. The van der Waals surface area contributed by atoms with Crippen LogP contribution in [0.2, 0.25) is 0 Å². The Hall–Kier alpha value is -3.09. The van der Waals surface area contributed by atoms with Crippen LogP contribution in [0.3, 0.4) is 0 Å². The van der Waals surface area contributed by atoms with Crippen LogP contribution in [-0.2, 0) is 9.47 Å². The third-order valence-corrected chi connectivity index (χ3v) is 3.89. The molecule has 7 nitrogen and oxygen atoms in total. The van der Waals surface area contributed by atoms with Gasteiger partial charge in [-0.3, -0.25) is 4.98 Å².